The van der Waals surface area contributed by atoms with E-state index >= 15 is 0 Å². The van der Waals surface area contributed by atoms with Crippen LogP contribution in [0.25, 0.3) is 0 Å². The molecule has 0 spiro atoms. The van der Waals surface area contributed by atoms with Gasteiger partial charge in [0.2, 0.25) is 0 Å². The van der Waals surface area contributed by atoms with Gasteiger partial charge < -0.3 is 10.1 Å². The van der Waals surface area contributed by atoms with Crippen LogP contribution in [0.4, 0.5) is 0 Å². The first-order valence-corrected chi connectivity index (χ1v) is 7.26. The zero-order chi connectivity index (χ0) is 12.7. The van der Waals surface area contributed by atoms with E-state index in [4.69, 9.17) is 4.74 Å². The number of hydrogen-bond acceptors (Lipinski definition) is 2. The van der Waals surface area contributed by atoms with Crippen LogP contribution in [0.1, 0.15) is 44.6 Å². The van der Waals surface area contributed by atoms with Crippen LogP contribution in [0.5, 0.6) is 0 Å². The minimum Gasteiger partial charge on any atom is -0.380 e. The average Bonchev–Trinajstić information content (AvgIpc) is 2.46. The molecule has 0 unspecified atom stereocenters. The van der Waals surface area contributed by atoms with Crippen molar-refractivity contribution in [3.05, 3.63) is 35.9 Å². The Morgan fingerprint density at radius 3 is 2.42 bits per heavy atom. The van der Waals surface area contributed by atoms with E-state index in [0.717, 1.165) is 19.8 Å². The molecule has 0 radical (unpaired) electrons. The highest BCUT2D eigenvalue weighted by Gasteiger charge is 2.32. The molecular weight excluding hydrogens is 258 g/mol. The van der Waals surface area contributed by atoms with Gasteiger partial charge in [-0.1, -0.05) is 49.6 Å². The fraction of sp³-hybridized carbons (Fsp3) is 0.625. The molecule has 1 N–H and O–H groups in total. The van der Waals surface area contributed by atoms with Crippen molar-refractivity contribution in [2.75, 3.05) is 19.8 Å². The summed E-state index contributed by atoms with van der Waals surface area (Å²) in [5.74, 6) is 0. The van der Waals surface area contributed by atoms with Gasteiger partial charge in [0, 0.05) is 18.7 Å². The van der Waals surface area contributed by atoms with E-state index in [1.165, 1.54) is 37.7 Å². The summed E-state index contributed by atoms with van der Waals surface area (Å²) in [7, 11) is 0. The lowest BCUT2D eigenvalue weighted by Gasteiger charge is -2.39. The van der Waals surface area contributed by atoms with Crippen LogP contribution in [0, 0.1) is 0 Å². The predicted molar refractivity (Wildman–Crippen MR) is 82.9 cm³/mol. The van der Waals surface area contributed by atoms with Crippen LogP contribution < -0.4 is 5.32 Å². The lowest BCUT2D eigenvalue weighted by atomic mass is 9.76. The fourth-order valence-corrected chi connectivity index (χ4v) is 2.99. The largest absolute Gasteiger partial charge is 0.380 e. The first-order chi connectivity index (χ1) is 8.87. The molecule has 0 bridgehead atoms. The average molecular weight is 284 g/mol. The second-order valence-corrected chi connectivity index (χ2v) is 5.13. The first kappa shape index (κ1) is 16.5. The van der Waals surface area contributed by atoms with Crippen molar-refractivity contribution >= 4 is 12.4 Å². The molecule has 1 fully saturated rings. The molecule has 0 aromatic heterocycles. The van der Waals surface area contributed by atoms with Gasteiger partial charge in [0.05, 0.1) is 6.61 Å². The fourth-order valence-electron chi connectivity index (χ4n) is 2.99. The quantitative estimate of drug-likeness (QED) is 0.800. The molecule has 0 heterocycles. The first-order valence-electron chi connectivity index (χ1n) is 7.26. The summed E-state index contributed by atoms with van der Waals surface area (Å²) in [6.45, 7) is 4.61. The zero-order valence-corrected chi connectivity index (χ0v) is 12.7. The molecule has 0 aliphatic heterocycles. The normalized spacial score (nSPS) is 17.7. The van der Waals surface area contributed by atoms with E-state index in [1.54, 1.807) is 0 Å². The third-order valence-corrected chi connectivity index (χ3v) is 3.95. The minimum absolute atomic E-state index is 0. The van der Waals surface area contributed by atoms with Crippen LogP contribution in [0.2, 0.25) is 0 Å². The molecule has 0 saturated heterocycles. The summed E-state index contributed by atoms with van der Waals surface area (Å²) < 4.78 is 5.44. The van der Waals surface area contributed by atoms with Crippen LogP contribution in [-0.2, 0) is 10.3 Å². The molecular formula is C16H26ClNO. The second-order valence-electron chi connectivity index (χ2n) is 5.13. The van der Waals surface area contributed by atoms with E-state index in [-0.39, 0.29) is 17.9 Å². The van der Waals surface area contributed by atoms with Gasteiger partial charge in [-0.3, -0.25) is 0 Å². The van der Waals surface area contributed by atoms with Crippen molar-refractivity contribution in [3.8, 4) is 0 Å². The summed E-state index contributed by atoms with van der Waals surface area (Å²) >= 11 is 0. The molecule has 108 valence electrons. The topological polar surface area (TPSA) is 21.3 Å². The highest BCUT2D eigenvalue weighted by atomic mass is 35.5. The molecule has 0 atom stereocenters. The summed E-state index contributed by atoms with van der Waals surface area (Å²) in [4.78, 5) is 0. The number of benzene rings is 1. The van der Waals surface area contributed by atoms with Gasteiger partial charge >= 0.3 is 0 Å². The summed E-state index contributed by atoms with van der Waals surface area (Å²) in [6.07, 6.45) is 6.54. The van der Waals surface area contributed by atoms with Gasteiger partial charge in [-0.05, 0) is 25.3 Å². The highest BCUT2D eigenvalue weighted by Crippen LogP contribution is 2.36. The monoisotopic (exact) mass is 283 g/mol. The lowest BCUT2D eigenvalue weighted by Crippen LogP contribution is -2.45. The standard InChI is InChI=1S/C16H25NO.ClH/c1-2-18-14-13-17-16(11-7-4-8-12-16)15-9-5-3-6-10-15;/h3,5-6,9-10,17H,2,4,7-8,11-14H2,1H3;1H. The summed E-state index contributed by atoms with van der Waals surface area (Å²) in [5.41, 5.74) is 1.64. The van der Waals surface area contributed by atoms with E-state index in [2.05, 4.69) is 35.6 Å². The Bertz CT molecular complexity index is 336. The minimum atomic E-state index is 0. The smallest absolute Gasteiger partial charge is 0.0591 e. The molecule has 1 aliphatic rings. The van der Waals surface area contributed by atoms with E-state index < -0.39 is 0 Å². The Labute approximate surface area is 123 Å². The third-order valence-electron chi connectivity index (χ3n) is 3.95. The molecule has 3 heteroatoms. The van der Waals surface area contributed by atoms with Gasteiger partial charge in [0.1, 0.15) is 0 Å². The molecule has 2 nitrogen and oxygen atoms in total. The van der Waals surface area contributed by atoms with Crippen molar-refractivity contribution in [2.24, 2.45) is 0 Å². The Morgan fingerprint density at radius 2 is 1.79 bits per heavy atom. The number of halogens is 1. The molecule has 1 saturated carbocycles. The Kier molecular flexibility index (Phi) is 7.44. The molecule has 0 amide bonds. The molecule has 2 rings (SSSR count). The maximum Gasteiger partial charge on any atom is 0.0591 e. The molecule has 1 aliphatic carbocycles. The van der Waals surface area contributed by atoms with E-state index in [9.17, 15) is 0 Å². The Balaban J connectivity index is 0.00000180. The van der Waals surface area contributed by atoms with Crippen LogP contribution in [-0.4, -0.2) is 19.8 Å². The molecule has 1 aromatic carbocycles. The number of ether oxygens (including phenoxy) is 1. The van der Waals surface area contributed by atoms with E-state index in [1.807, 2.05) is 6.92 Å². The number of nitrogens with one attached hydrogen (secondary N) is 1. The van der Waals surface area contributed by atoms with Crippen LogP contribution in [0.15, 0.2) is 30.3 Å². The van der Waals surface area contributed by atoms with Crippen LogP contribution in [0.3, 0.4) is 0 Å². The number of rotatable bonds is 6. The predicted octanol–water partition coefficient (Wildman–Crippen LogP) is 3.89. The molecule has 19 heavy (non-hydrogen) atoms. The molecule has 1 aromatic rings. The lowest BCUT2D eigenvalue weighted by molar-refractivity contribution is 0.131. The highest BCUT2D eigenvalue weighted by molar-refractivity contribution is 5.85. The zero-order valence-electron chi connectivity index (χ0n) is 11.9. The van der Waals surface area contributed by atoms with Gasteiger partial charge in [-0.15, -0.1) is 12.4 Å². The maximum atomic E-state index is 5.44. The number of hydrogen-bond donors (Lipinski definition) is 1. The SMILES string of the molecule is CCOCCNC1(c2ccccc2)CCCCC1.Cl. The summed E-state index contributed by atoms with van der Waals surface area (Å²) in [5, 5.41) is 3.76. The van der Waals surface area contributed by atoms with E-state index in [0.29, 0.717) is 0 Å². The van der Waals surface area contributed by atoms with Gasteiger partial charge in [0.15, 0.2) is 0 Å². The Hall–Kier alpha value is -0.570. The van der Waals surface area contributed by atoms with Crippen LogP contribution >= 0.6 is 12.4 Å². The second kappa shape index (κ2) is 8.57. The van der Waals surface area contributed by atoms with Crippen molar-refractivity contribution in [1.29, 1.82) is 0 Å². The van der Waals surface area contributed by atoms with Crippen molar-refractivity contribution < 1.29 is 4.74 Å². The van der Waals surface area contributed by atoms with Gasteiger partial charge in [-0.2, -0.15) is 0 Å². The van der Waals surface area contributed by atoms with Crippen molar-refractivity contribution in [3.63, 3.8) is 0 Å². The van der Waals surface area contributed by atoms with Gasteiger partial charge in [0.25, 0.3) is 0 Å². The van der Waals surface area contributed by atoms with Crippen molar-refractivity contribution in [2.45, 2.75) is 44.6 Å². The Morgan fingerprint density at radius 1 is 1.11 bits per heavy atom. The maximum absolute atomic E-state index is 5.44. The van der Waals surface area contributed by atoms with Crippen molar-refractivity contribution in [1.82, 2.24) is 5.32 Å². The van der Waals surface area contributed by atoms with Gasteiger partial charge in [-0.25, -0.2) is 0 Å². The summed E-state index contributed by atoms with van der Waals surface area (Å²) in [6, 6.07) is 10.9. The third kappa shape index (κ3) is 4.48.